The number of amides is 1. The summed E-state index contributed by atoms with van der Waals surface area (Å²) in [5.41, 5.74) is 7.71. The highest BCUT2D eigenvalue weighted by molar-refractivity contribution is 5.90. The fourth-order valence-corrected chi connectivity index (χ4v) is 1.92. The van der Waals surface area contributed by atoms with E-state index in [4.69, 9.17) is 10.5 Å². The Morgan fingerprint density at radius 2 is 2.10 bits per heavy atom. The molecule has 0 fully saturated rings. The Morgan fingerprint density at radius 3 is 2.86 bits per heavy atom. The van der Waals surface area contributed by atoms with Crippen LogP contribution in [-0.4, -0.2) is 30.0 Å². The molecule has 3 N–H and O–H groups in total. The van der Waals surface area contributed by atoms with Gasteiger partial charge in [-0.2, -0.15) is 0 Å². The molecule has 1 aromatic heterocycles. The largest absolute Gasteiger partial charge is 0.465 e. The van der Waals surface area contributed by atoms with Gasteiger partial charge in [-0.3, -0.25) is 14.6 Å². The van der Waals surface area contributed by atoms with Crippen molar-refractivity contribution >= 4 is 28.5 Å². The number of para-hydroxylation sites is 1. The van der Waals surface area contributed by atoms with E-state index in [-0.39, 0.29) is 18.9 Å². The number of anilines is 1. The fourth-order valence-electron chi connectivity index (χ4n) is 1.92. The molecule has 0 spiro atoms. The van der Waals surface area contributed by atoms with Gasteiger partial charge >= 0.3 is 5.97 Å². The van der Waals surface area contributed by atoms with Crippen molar-refractivity contribution < 1.29 is 14.3 Å². The number of esters is 1. The van der Waals surface area contributed by atoms with Gasteiger partial charge in [0, 0.05) is 5.39 Å². The number of nitrogens with zero attached hydrogens (tertiary/aromatic N) is 1. The van der Waals surface area contributed by atoms with Gasteiger partial charge in [-0.05, 0) is 19.1 Å². The smallest absolute Gasteiger partial charge is 0.325 e. The molecule has 1 amide bonds. The molecular weight excluding hydrogens is 270 g/mol. The minimum atomic E-state index is -0.457. The summed E-state index contributed by atoms with van der Waals surface area (Å²) in [6.45, 7) is 1.87. The van der Waals surface area contributed by atoms with Crippen molar-refractivity contribution in [3.63, 3.8) is 0 Å². The van der Waals surface area contributed by atoms with Crippen LogP contribution >= 0.6 is 0 Å². The first kappa shape index (κ1) is 14.8. The lowest BCUT2D eigenvalue weighted by molar-refractivity contribution is -0.143. The van der Waals surface area contributed by atoms with Crippen LogP contribution < -0.4 is 11.1 Å². The summed E-state index contributed by atoms with van der Waals surface area (Å²) < 4.78 is 4.73. The highest BCUT2D eigenvalue weighted by Crippen LogP contribution is 2.18. The van der Waals surface area contributed by atoms with Crippen LogP contribution in [0, 0.1) is 0 Å². The Kier molecular flexibility index (Phi) is 4.71. The standard InChI is InChI=1S/C15H17N3O3/c1-2-21-14(20)9-17-13(19)8-11-7-6-10-4-3-5-12(16)15(10)18-11/h3-7H,2,8-9,16H2,1H3,(H,17,19). The van der Waals surface area contributed by atoms with Gasteiger partial charge in [0.2, 0.25) is 5.91 Å². The van der Waals surface area contributed by atoms with E-state index >= 15 is 0 Å². The normalized spacial score (nSPS) is 10.3. The van der Waals surface area contributed by atoms with Crippen LogP contribution in [0.1, 0.15) is 12.6 Å². The van der Waals surface area contributed by atoms with Crippen LogP contribution in [0.2, 0.25) is 0 Å². The zero-order valence-electron chi connectivity index (χ0n) is 11.8. The van der Waals surface area contributed by atoms with E-state index in [1.165, 1.54) is 0 Å². The van der Waals surface area contributed by atoms with Crippen molar-refractivity contribution in [3.05, 3.63) is 36.0 Å². The molecule has 0 aliphatic rings. The van der Waals surface area contributed by atoms with Gasteiger partial charge in [-0.1, -0.05) is 18.2 Å². The number of nitrogens with one attached hydrogen (secondary N) is 1. The van der Waals surface area contributed by atoms with E-state index < -0.39 is 5.97 Å². The van der Waals surface area contributed by atoms with Gasteiger partial charge in [0.1, 0.15) is 6.54 Å². The molecule has 2 rings (SSSR count). The number of fused-ring (bicyclic) bond motifs is 1. The molecule has 1 aromatic carbocycles. The minimum absolute atomic E-state index is 0.0870. The monoisotopic (exact) mass is 287 g/mol. The van der Waals surface area contributed by atoms with Crippen LogP contribution in [0.25, 0.3) is 10.9 Å². The molecule has 0 bridgehead atoms. The number of pyridine rings is 1. The van der Waals surface area contributed by atoms with Gasteiger partial charge in [0.15, 0.2) is 0 Å². The number of aromatic nitrogens is 1. The molecule has 0 saturated heterocycles. The predicted molar refractivity (Wildman–Crippen MR) is 79.5 cm³/mol. The van der Waals surface area contributed by atoms with E-state index in [0.29, 0.717) is 23.5 Å². The van der Waals surface area contributed by atoms with Gasteiger partial charge in [-0.15, -0.1) is 0 Å². The first-order chi connectivity index (χ1) is 10.1. The molecule has 1 heterocycles. The molecule has 0 saturated carbocycles. The molecule has 2 aromatic rings. The Morgan fingerprint density at radius 1 is 1.29 bits per heavy atom. The predicted octanol–water partition coefficient (Wildman–Crippen LogP) is 1.04. The number of carbonyl (C=O) groups is 2. The second kappa shape index (κ2) is 6.69. The molecule has 6 heteroatoms. The number of hydrogen-bond donors (Lipinski definition) is 2. The Labute approximate surface area is 122 Å². The Bertz CT molecular complexity index is 670. The topological polar surface area (TPSA) is 94.3 Å². The number of rotatable bonds is 5. The average Bonchev–Trinajstić information content (AvgIpc) is 2.46. The third-order valence-electron chi connectivity index (χ3n) is 2.89. The van der Waals surface area contributed by atoms with Gasteiger partial charge in [-0.25, -0.2) is 0 Å². The van der Waals surface area contributed by atoms with Crippen LogP contribution in [0.3, 0.4) is 0 Å². The molecule has 0 aliphatic heterocycles. The van der Waals surface area contributed by atoms with Crippen molar-refractivity contribution in [1.82, 2.24) is 10.3 Å². The molecule has 0 aliphatic carbocycles. The maximum Gasteiger partial charge on any atom is 0.325 e. The molecule has 0 radical (unpaired) electrons. The first-order valence-corrected chi connectivity index (χ1v) is 6.66. The van der Waals surface area contributed by atoms with E-state index in [0.717, 1.165) is 5.39 Å². The van der Waals surface area contributed by atoms with E-state index in [1.807, 2.05) is 18.2 Å². The number of hydrogen-bond acceptors (Lipinski definition) is 5. The highest BCUT2D eigenvalue weighted by Gasteiger charge is 2.09. The van der Waals surface area contributed by atoms with Gasteiger partial charge in [0.25, 0.3) is 0 Å². The fraction of sp³-hybridized carbons (Fsp3) is 0.267. The van der Waals surface area contributed by atoms with Crippen molar-refractivity contribution in [2.75, 3.05) is 18.9 Å². The summed E-state index contributed by atoms with van der Waals surface area (Å²) in [5, 5.41) is 3.42. The summed E-state index contributed by atoms with van der Waals surface area (Å²) in [6.07, 6.45) is 0.0870. The molecule has 6 nitrogen and oxygen atoms in total. The number of nitrogen functional groups attached to an aromatic ring is 1. The third-order valence-corrected chi connectivity index (χ3v) is 2.89. The molecule has 110 valence electrons. The van der Waals surface area contributed by atoms with Crippen LogP contribution in [0.4, 0.5) is 5.69 Å². The lowest BCUT2D eigenvalue weighted by Crippen LogP contribution is -2.31. The van der Waals surface area contributed by atoms with Crippen LogP contribution in [-0.2, 0) is 20.7 Å². The zero-order chi connectivity index (χ0) is 15.2. The molecule has 21 heavy (non-hydrogen) atoms. The SMILES string of the molecule is CCOC(=O)CNC(=O)Cc1ccc2cccc(N)c2n1. The summed E-state index contributed by atoms with van der Waals surface area (Å²) in [7, 11) is 0. The van der Waals surface area contributed by atoms with Gasteiger partial charge in [0.05, 0.1) is 29.9 Å². The maximum absolute atomic E-state index is 11.8. The molecule has 0 unspecified atom stereocenters. The first-order valence-electron chi connectivity index (χ1n) is 6.66. The number of ether oxygens (including phenoxy) is 1. The van der Waals surface area contributed by atoms with Crippen molar-refractivity contribution in [2.24, 2.45) is 0 Å². The highest BCUT2D eigenvalue weighted by atomic mass is 16.5. The summed E-state index contributed by atoms with van der Waals surface area (Å²) in [4.78, 5) is 27.3. The summed E-state index contributed by atoms with van der Waals surface area (Å²) >= 11 is 0. The number of carbonyl (C=O) groups excluding carboxylic acids is 2. The summed E-state index contributed by atoms with van der Waals surface area (Å²) in [5.74, 6) is -0.744. The molecular formula is C15H17N3O3. The lowest BCUT2D eigenvalue weighted by Gasteiger charge is -2.06. The minimum Gasteiger partial charge on any atom is -0.465 e. The number of nitrogens with two attached hydrogens (primary N) is 1. The molecule has 0 atom stereocenters. The maximum atomic E-state index is 11.8. The van der Waals surface area contributed by atoms with Crippen molar-refractivity contribution in [1.29, 1.82) is 0 Å². The Balaban J connectivity index is 2.01. The average molecular weight is 287 g/mol. The zero-order valence-corrected chi connectivity index (χ0v) is 11.8. The van der Waals surface area contributed by atoms with Crippen LogP contribution in [0.5, 0.6) is 0 Å². The summed E-state index contributed by atoms with van der Waals surface area (Å²) in [6, 6.07) is 9.16. The lowest BCUT2D eigenvalue weighted by atomic mass is 10.1. The van der Waals surface area contributed by atoms with Crippen molar-refractivity contribution in [3.8, 4) is 0 Å². The van der Waals surface area contributed by atoms with Gasteiger partial charge < -0.3 is 15.8 Å². The van der Waals surface area contributed by atoms with Crippen molar-refractivity contribution in [2.45, 2.75) is 13.3 Å². The number of benzene rings is 1. The van der Waals surface area contributed by atoms with E-state index in [2.05, 4.69) is 10.3 Å². The Hall–Kier alpha value is -2.63. The van der Waals surface area contributed by atoms with Crippen LogP contribution in [0.15, 0.2) is 30.3 Å². The second-order valence-electron chi connectivity index (χ2n) is 4.48. The second-order valence-corrected chi connectivity index (χ2v) is 4.48. The quantitative estimate of drug-likeness (QED) is 0.633. The van der Waals surface area contributed by atoms with E-state index in [9.17, 15) is 9.59 Å². The third kappa shape index (κ3) is 3.92. The van der Waals surface area contributed by atoms with E-state index in [1.54, 1.807) is 19.1 Å².